The maximum atomic E-state index is 12.8. The zero-order chi connectivity index (χ0) is 18.0. The van der Waals surface area contributed by atoms with Gasteiger partial charge in [0.15, 0.2) is 0 Å². The second-order valence-corrected chi connectivity index (χ2v) is 8.47. The summed E-state index contributed by atoms with van der Waals surface area (Å²) >= 11 is 0. The van der Waals surface area contributed by atoms with Gasteiger partial charge >= 0.3 is 6.09 Å². The number of hydrogen-bond acceptors (Lipinski definition) is 4. The van der Waals surface area contributed by atoms with E-state index in [1.54, 1.807) is 0 Å². The molecule has 3 saturated heterocycles. The van der Waals surface area contributed by atoms with E-state index in [0.717, 1.165) is 45.2 Å². The van der Waals surface area contributed by atoms with Crippen molar-refractivity contribution in [1.82, 2.24) is 14.7 Å². The summed E-state index contributed by atoms with van der Waals surface area (Å²) in [5.74, 6) is 0.842. The third-order valence-corrected chi connectivity index (χ3v) is 6.06. The molecule has 3 aliphatic heterocycles. The molecular formula is C19H33N3O3. The number of likely N-dealkylation sites (tertiary alicyclic amines) is 2. The quantitative estimate of drug-likeness (QED) is 0.780. The summed E-state index contributed by atoms with van der Waals surface area (Å²) < 4.78 is 5.77. The highest BCUT2D eigenvalue weighted by molar-refractivity contribution is 5.82. The van der Waals surface area contributed by atoms with Crippen molar-refractivity contribution in [2.24, 2.45) is 5.92 Å². The van der Waals surface area contributed by atoms with E-state index >= 15 is 0 Å². The van der Waals surface area contributed by atoms with Crippen LogP contribution < -0.4 is 0 Å². The van der Waals surface area contributed by atoms with E-state index in [1.165, 1.54) is 6.42 Å². The first-order valence-electron chi connectivity index (χ1n) is 9.87. The molecule has 3 fully saturated rings. The van der Waals surface area contributed by atoms with Gasteiger partial charge in [-0.2, -0.15) is 0 Å². The number of hydrogen-bond donors (Lipinski definition) is 0. The third-order valence-electron chi connectivity index (χ3n) is 6.06. The van der Waals surface area contributed by atoms with E-state index in [0.29, 0.717) is 25.6 Å². The Labute approximate surface area is 151 Å². The van der Waals surface area contributed by atoms with Gasteiger partial charge in [0, 0.05) is 32.5 Å². The Morgan fingerprint density at radius 3 is 2.60 bits per heavy atom. The van der Waals surface area contributed by atoms with E-state index in [4.69, 9.17) is 4.74 Å². The van der Waals surface area contributed by atoms with Gasteiger partial charge in [0.05, 0.1) is 12.6 Å². The molecule has 0 aromatic rings. The standard InChI is InChI=1S/C19H33N3O3/c1-15(2)7-11-22-14-19(25-18(22)24)8-12-21(13-9-19)17(23)16-6-4-5-10-20(16)3/h15-16H,4-14H2,1-3H3/t16-/m0/s1. The van der Waals surface area contributed by atoms with Crippen molar-refractivity contribution in [3.05, 3.63) is 0 Å². The van der Waals surface area contributed by atoms with E-state index < -0.39 is 0 Å². The van der Waals surface area contributed by atoms with Gasteiger partial charge in [0.25, 0.3) is 0 Å². The molecule has 0 radical (unpaired) electrons. The fraction of sp³-hybridized carbons (Fsp3) is 0.895. The number of piperidine rings is 2. The average molecular weight is 351 g/mol. The fourth-order valence-corrected chi connectivity index (χ4v) is 4.27. The van der Waals surface area contributed by atoms with Crippen LogP contribution in [0.25, 0.3) is 0 Å². The number of likely N-dealkylation sites (N-methyl/N-ethyl adjacent to an activating group) is 1. The van der Waals surface area contributed by atoms with Crippen molar-refractivity contribution < 1.29 is 14.3 Å². The first-order chi connectivity index (χ1) is 11.9. The zero-order valence-corrected chi connectivity index (χ0v) is 16.0. The van der Waals surface area contributed by atoms with Crippen LogP contribution >= 0.6 is 0 Å². The molecule has 6 nitrogen and oxygen atoms in total. The second-order valence-electron chi connectivity index (χ2n) is 8.47. The minimum atomic E-state index is -0.372. The van der Waals surface area contributed by atoms with Crippen LogP contribution in [0.15, 0.2) is 0 Å². The number of carbonyl (C=O) groups excluding carboxylic acids is 2. The summed E-state index contributed by atoms with van der Waals surface area (Å²) in [7, 11) is 2.05. The van der Waals surface area contributed by atoms with Crippen molar-refractivity contribution in [1.29, 1.82) is 0 Å². The molecule has 3 aliphatic rings. The highest BCUT2D eigenvalue weighted by atomic mass is 16.6. The SMILES string of the molecule is CC(C)CCN1CC2(CCN(C(=O)[C@@H]3CCCCN3C)CC2)OC1=O. The molecule has 0 aliphatic carbocycles. The van der Waals surface area contributed by atoms with Crippen molar-refractivity contribution in [3.63, 3.8) is 0 Å². The lowest BCUT2D eigenvalue weighted by molar-refractivity contribution is -0.141. The average Bonchev–Trinajstić information content (AvgIpc) is 2.89. The molecule has 142 valence electrons. The maximum absolute atomic E-state index is 12.8. The van der Waals surface area contributed by atoms with E-state index in [1.807, 2.05) is 9.80 Å². The van der Waals surface area contributed by atoms with E-state index in [9.17, 15) is 9.59 Å². The number of nitrogens with zero attached hydrogens (tertiary/aromatic N) is 3. The van der Waals surface area contributed by atoms with Crippen LogP contribution in [0, 0.1) is 5.92 Å². The summed E-state index contributed by atoms with van der Waals surface area (Å²) in [6.45, 7) is 8.21. The molecule has 0 saturated carbocycles. The molecule has 1 spiro atoms. The van der Waals surface area contributed by atoms with Crippen molar-refractivity contribution in [2.75, 3.05) is 39.8 Å². The lowest BCUT2D eigenvalue weighted by Crippen LogP contribution is -2.54. The largest absolute Gasteiger partial charge is 0.441 e. The molecule has 6 heteroatoms. The van der Waals surface area contributed by atoms with Gasteiger partial charge < -0.3 is 14.5 Å². The molecule has 3 rings (SSSR count). The number of amides is 2. The first-order valence-corrected chi connectivity index (χ1v) is 9.87. The van der Waals surface area contributed by atoms with Gasteiger partial charge in [-0.05, 0) is 38.8 Å². The highest BCUT2D eigenvalue weighted by Gasteiger charge is 2.47. The molecule has 3 heterocycles. The monoisotopic (exact) mass is 351 g/mol. The van der Waals surface area contributed by atoms with Gasteiger partial charge in [0.2, 0.25) is 5.91 Å². The van der Waals surface area contributed by atoms with Gasteiger partial charge in [-0.3, -0.25) is 9.69 Å². The summed E-state index contributed by atoms with van der Waals surface area (Å²) in [5.41, 5.74) is -0.372. The molecule has 0 unspecified atom stereocenters. The minimum Gasteiger partial charge on any atom is -0.441 e. The van der Waals surface area contributed by atoms with Crippen LogP contribution in [-0.4, -0.2) is 78.1 Å². The maximum Gasteiger partial charge on any atom is 0.410 e. The Hall–Kier alpha value is -1.30. The predicted octanol–water partition coefficient (Wildman–Crippen LogP) is 2.33. The summed E-state index contributed by atoms with van der Waals surface area (Å²) in [4.78, 5) is 31.1. The van der Waals surface area contributed by atoms with Crippen LogP contribution in [0.2, 0.25) is 0 Å². The van der Waals surface area contributed by atoms with Gasteiger partial charge in [-0.25, -0.2) is 4.79 Å². The fourth-order valence-electron chi connectivity index (χ4n) is 4.27. The van der Waals surface area contributed by atoms with Crippen molar-refractivity contribution in [3.8, 4) is 0 Å². The smallest absolute Gasteiger partial charge is 0.410 e. The van der Waals surface area contributed by atoms with E-state index in [2.05, 4.69) is 25.8 Å². The normalized spacial score (nSPS) is 27.2. The predicted molar refractivity (Wildman–Crippen MR) is 96.3 cm³/mol. The van der Waals surface area contributed by atoms with Crippen molar-refractivity contribution in [2.45, 2.75) is 64.0 Å². The molecule has 0 aromatic carbocycles. The van der Waals surface area contributed by atoms with Crippen LogP contribution in [-0.2, 0) is 9.53 Å². The first kappa shape index (κ1) is 18.5. The molecule has 2 amide bonds. The molecule has 1 atom stereocenters. The van der Waals surface area contributed by atoms with Crippen LogP contribution in [0.5, 0.6) is 0 Å². The summed E-state index contributed by atoms with van der Waals surface area (Å²) in [5, 5.41) is 0. The van der Waals surface area contributed by atoms with Crippen molar-refractivity contribution >= 4 is 12.0 Å². The summed E-state index contributed by atoms with van der Waals surface area (Å²) in [6, 6.07) is 0.0384. The molecular weight excluding hydrogens is 318 g/mol. The summed E-state index contributed by atoms with van der Waals surface area (Å²) in [6.07, 6.45) is 5.65. The van der Waals surface area contributed by atoms with Gasteiger partial charge in [-0.1, -0.05) is 20.3 Å². The Morgan fingerprint density at radius 2 is 1.96 bits per heavy atom. The van der Waals surface area contributed by atoms with Crippen LogP contribution in [0.3, 0.4) is 0 Å². The Kier molecular flexibility index (Phi) is 5.56. The molecule has 0 bridgehead atoms. The second kappa shape index (κ2) is 7.52. The zero-order valence-electron chi connectivity index (χ0n) is 16.0. The number of carbonyl (C=O) groups is 2. The number of ether oxygens (including phenoxy) is 1. The highest BCUT2D eigenvalue weighted by Crippen LogP contribution is 2.34. The van der Waals surface area contributed by atoms with Crippen LogP contribution in [0.1, 0.15) is 52.4 Å². The molecule has 25 heavy (non-hydrogen) atoms. The topological polar surface area (TPSA) is 53.1 Å². The third kappa shape index (κ3) is 4.10. The molecule has 0 N–H and O–H groups in total. The lowest BCUT2D eigenvalue weighted by Gasteiger charge is -2.41. The van der Waals surface area contributed by atoms with Gasteiger partial charge in [0.1, 0.15) is 5.60 Å². The van der Waals surface area contributed by atoms with Crippen LogP contribution in [0.4, 0.5) is 4.79 Å². The molecule has 0 aromatic heterocycles. The Morgan fingerprint density at radius 1 is 1.24 bits per heavy atom. The Balaban J connectivity index is 1.53. The van der Waals surface area contributed by atoms with E-state index in [-0.39, 0.29) is 23.6 Å². The lowest BCUT2D eigenvalue weighted by atomic mass is 9.90. The Bertz CT molecular complexity index is 500. The number of rotatable bonds is 4. The van der Waals surface area contributed by atoms with Gasteiger partial charge in [-0.15, -0.1) is 0 Å². The minimum absolute atomic E-state index is 0.0384.